The van der Waals surface area contributed by atoms with Crippen LogP contribution in [0.4, 0.5) is 11.4 Å². The number of hydrogen-bond acceptors (Lipinski definition) is 1. The summed E-state index contributed by atoms with van der Waals surface area (Å²) in [6.45, 7) is 6.87. The summed E-state index contributed by atoms with van der Waals surface area (Å²) in [6, 6.07) is 41.5. The third-order valence-electron chi connectivity index (χ3n) is 6.59. The molecule has 0 saturated carbocycles. The lowest BCUT2D eigenvalue weighted by Crippen LogP contribution is -2.37. The molecule has 2 heteroatoms. The monoisotopic (exact) mass is 440 g/mol. The zero-order chi connectivity index (χ0) is 23.3. The summed E-state index contributed by atoms with van der Waals surface area (Å²) in [5.74, 6) is 0. The second kappa shape index (κ2) is 7.78. The second-order valence-electron chi connectivity index (χ2n) is 9.90. The van der Waals surface area contributed by atoms with Gasteiger partial charge in [-0.25, -0.2) is 0 Å². The maximum absolute atomic E-state index is 2.49. The first-order valence-electron chi connectivity index (χ1n) is 11.9. The zero-order valence-corrected chi connectivity index (χ0v) is 19.9. The maximum Gasteiger partial charge on any atom is 0.0562 e. The average Bonchev–Trinajstić information content (AvgIpc) is 3.19. The van der Waals surface area contributed by atoms with Gasteiger partial charge in [-0.1, -0.05) is 72.8 Å². The molecular weight excluding hydrogens is 412 g/mol. The fraction of sp³-hybridized carbons (Fsp3) is 0.125. The van der Waals surface area contributed by atoms with E-state index in [1.54, 1.807) is 0 Å². The summed E-state index contributed by atoms with van der Waals surface area (Å²) in [5.41, 5.74) is 5.94. The van der Waals surface area contributed by atoms with Crippen molar-refractivity contribution >= 4 is 44.0 Å². The molecule has 2 nitrogen and oxygen atoms in total. The molecule has 0 spiro atoms. The minimum Gasteiger partial charge on any atom is -0.336 e. The van der Waals surface area contributed by atoms with Crippen molar-refractivity contribution in [3.8, 4) is 5.69 Å². The molecule has 0 aliphatic heterocycles. The van der Waals surface area contributed by atoms with Crippen LogP contribution in [0.1, 0.15) is 20.8 Å². The molecule has 0 amide bonds. The van der Waals surface area contributed by atoms with Crippen LogP contribution < -0.4 is 4.90 Å². The van der Waals surface area contributed by atoms with Crippen molar-refractivity contribution in [3.05, 3.63) is 115 Å². The van der Waals surface area contributed by atoms with Gasteiger partial charge in [-0.3, -0.25) is 0 Å². The van der Waals surface area contributed by atoms with Crippen LogP contribution in [0.3, 0.4) is 0 Å². The van der Waals surface area contributed by atoms with Crippen molar-refractivity contribution in [1.29, 1.82) is 0 Å². The number of hydrogen-bond donors (Lipinski definition) is 0. The largest absolute Gasteiger partial charge is 0.336 e. The highest BCUT2D eigenvalue weighted by Crippen LogP contribution is 2.43. The first-order valence-corrected chi connectivity index (χ1v) is 11.9. The Morgan fingerprint density at radius 1 is 0.588 bits per heavy atom. The molecule has 0 bridgehead atoms. The van der Waals surface area contributed by atoms with Gasteiger partial charge in [0.2, 0.25) is 0 Å². The normalized spacial score (nSPS) is 12.0. The molecule has 0 radical (unpaired) electrons. The summed E-state index contributed by atoms with van der Waals surface area (Å²) in [7, 11) is 0. The molecule has 5 aromatic carbocycles. The smallest absolute Gasteiger partial charge is 0.0562 e. The molecule has 0 unspecified atom stereocenters. The van der Waals surface area contributed by atoms with Crippen molar-refractivity contribution in [2.75, 3.05) is 4.90 Å². The quantitative estimate of drug-likeness (QED) is 0.267. The lowest BCUT2D eigenvalue weighted by Gasteiger charge is -2.38. The first kappa shape index (κ1) is 20.6. The van der Waals surface area contributed by atoms with Crippen molar-refractivity contribution < 1.29 is 0 Å². The van der Waals surface area contributed by atoms with Crippen LogP contribution >= 0.6 is 0 Å². The van der Waals surface area contributed by atoms with Gasteiger partial charge in [0, 0.05) is 27.7 Å². The van der Waals surface area contributed by atoms with E-state index in [1.165, 1.54) is 49.6 Å². The fourth-order valence-corrected chi connectivity index (χ4v) is 5.25. The number of fused-ring (bicyclic) bond motifs is 4. The van der Waals surface area contributed by atoms with E-state index in [9.17, 15) is 0 Å². The Labute approximate surface area is 200 Å². The Morgan fingerprint density at radius 3 is 2.06 bits per heavy atom. The van der Waals surface area contributed by atoms with Crippen LogP contribution in [0.2, 0.25) is 0 Å². The lowest BCUT2D eigenvalue weighted by atomic mass is 9.99. The number of aromatic nitrogens is 1. The maximum atomic E-state index is 2.49. The average molecular weight is 441 g/mol. The van der Waals surface area contributed by atoms with E-state index in [-0.39, 0.29) is 5.54 Å². The number of para-hydroxylation sites is 2. The van der Waals surface area contributed by atoms with E-state index in [4.69, 9.17) is 0 Å². The number of anilines is 2. The molecule has 6 aromatic rings. The SMILES string of the molecule is CC(C)(C)N(c1ccc2ccccc2c1)c1cccc2c1c1ccccc1n2-c1ccccc1. The molecular formula is C32H28N2. The van der Waals surface area contributed by atoms with Gasteiger partial charge in [-0.05, 0) is 74.0 Å². The fourth-order valence-electron chi connectivity index (χ4n) is 5.25. The van der Waals surface area contributed by atoms with Crippen LogP contribution in [0.5, 0.6) is 0 Å². The van der Waals surface area contributed by atoms with E-state index in [0.717, 1.165) is 0 Å². The molecule has 1 aromatic heterocycles. The van der Waals surface area contributed by atoms with Gasteiger partial charge in [-0.15, -0.1) is 0 Å². The molecule has 34 heavy (non-hydrogen) atoms. The Hall–Kier alpha value is -4.04. The van der Waals surface area contributed by atoms with Gasteiger partial charge < -0.3 is 9.47 Å². The number of benzene rings is 5. The number of rotatable bonds is 3. The first-order chi connectivity index (χ1) is 16.5. The van der Waals surface area contributed by atoms with Crippen molar-refractivity contribution in [3.63, 3.8) is 0 Å². The third kappa shape index (κ3) is 3.26. The topological polar surface area (TPSA) is 8.17 Å². The van der Waals surface area contributed by atoms with Crippen molar-refractivity contribution in [1.82, 2.24) is 4.57 Å². The predicted molar refractivity (Wildman–Crippen MR) is 147 cm³/mol. The Balaban J connectivity index is 1.69. The Morgan fingerprint density at radius 2 is 1.26 bits per heavy atom. The van der Waals surface area contributed by atoms with Gasteiger partial charge >= 0.3 is 0 Å². The molecule has 0 aliphatic carbocycles. The molecule has 0 fully saturated rings. The van der Waals surface area contributed by atoms with E-state index in [0.29, 0.717) is 0 Å². The van der Waals surface area contributed by atoms with E-state index in [1.807, 2.05) is 0 Å². The van der Waals surface area contributed by atoms with Gasteiger partial charge in [0.1, 0.15) is 0 Å². The number of nitrogens with zero attached hydrogens (tertiary/aromatic N) is 2. The Bertz CT molecular complexity index is 1630. The standard InChI is InChI=1S/C32H28N2/c1-32(2,3)34(26-21-20-23-12-7-8-13-24(23)22-26)30-19-11-18-29-31(30)27-16-9-10-17-28(27)33(29)25-14-5-4-6-15-25/h4-22H,1-3H3. The van der Waals surface area contributed by atoms with Crippen molar-refractivity contribution in [2.45, 2.75) is 26.3 Å². The molecule has 0 atom stereocenters. The third-order valence-corrected chi connectivity index (χ3v) is 6.59. The highest BCUT2D eigenvalue weighted by molar-refractivity contribution is 6.16. The zero-order valence-electron chi connectivity index (χ0n) is 19.9. The van der Waals surface area contributed by atoms with E-state index in [2.05, 4.69) is 145 Å². The minimum absolute atomic E-state index is 0.118. The van der Waals surface area contributed by atoms with Gasteiger partial charge in [0.15, 0.2) is 0 Å². The lowest BCUT2D eigenvalue weighted by molar-refractivity contribution is 0.562. The molecule has 6 rings (SSSR count). The van der Waals surface area contributed by atoms with Crippen LogP contribution in [0.15, 0.2) is 115 Å². The van der Waals surface area contributed by atoms with Crippen LogP contribution in [0.25, 0.3) is 38.3 Å². The molecule has 166 valence electrons. The van der Waals surface area contributed by atoms with Crippen LogP contribution in [0, 0.1) is 0 Å². The van der Waals surface area contributed by atoms with Crippen LogP contribution in [-0.2, 0) is 0 Å². The molecule has 1 heterocycles. The van der Waals surface area contributed by atoms with Crippen molar-refractivity contribution in [2.24, 2.45) is 0 Å². The van der Waals surface area contributed by atoms with Crippen LogP contribution in [-0.4, -0.2) is 10.1 Å². The Kier molecular flexibility index (Phi) is 4.70. The van der Waals surface area contributed by atoms with Gasteiger partial charge in [0.25, 0.3) is 0 Å². The van der Waals surface area contributed by atoms with Gasteiger partial charge in [0.05, 0.1) is 16.7 Å². The summed E-state index contributed by atoms with van der Waals surface area (Å²) < 4.78 is 2.38. The summed E-state index contributed by atoms with van der Waals surface area (Å²) in [5, 5.41) is 5.07. The summed E-state index contributed by atoms with van der Waals surface area (Å²) in [4.78, 5) is 2.49. The highest BCUT2D eigenvalue weighted by Gasteiger charge is 2.27. The highest BCUT2D eigenvalue weighted by atomic mass is 15.2. The minimum atomic E-state index is -0.118. The van der Waals surface area contributed by atoms with E-state index >= 15 is 0 Å². The molecule has 0 saturated heterocycles. The molecule has 0 aliphatic rings. The van der Waals surface area contributed by atoms with E-state index < -0.39 is 0 Å². The second-order valence-corrected chi connectivity index (χ2v) is 9.90. The summed E-state index contributed by atoms with van der Waals surface area (Å²) in [6.07, 6.45) is 0. The predicted octanol–water partition coefficient (Wildman–Crippen LogP) is 8.87. The molecule has 0 N–H and O–H groups in total. The van der Waals surface area contributed by atoms with Gasteiger partial charge in [-0.2, -0.15) is 0 Å². The summed E-state index contributed by atoms with van der Waals surface area (Å²) >= 11 is 0.